The lowest BCUT2D eigenvalue weighted by atomic mass is 10.5. The summed E-state index contributed by atoms with van der Waals surface area (Å²) in [7, 11) is -3.53. The molecular formula is C7H8N4O2S. The van der Waals surface area contributed by atoms with Gasteiger partial charge in [-0.3, -0.25) is 0 Å². The Morgan fingerprint density at radius 1 is 1.50 bits per heavy atom. The predicted molar refractivity (Wildman–Crippen MR) is 49.8 cm³/mol. The minimum absolute atomic E-state index is 0.268. The monoisotopic (exact) mass is 212 g/mol. The second-order valence-corrected chi connectivity index (χ2v) is 4.48. The Balaban J connectivity index is 2.46. The van der Waals surface area contributed by atoms with Gasteiger partial charge in [0.05, 0.1) is 5.69 Å². The Morgan fingerprint density at radius 3 is 2.93 bits per heavy atom. The summed E-state index contributed by atoms with van der Waals surface area (Å²) in [5, 5.41) is 8.88. The first-order valence-corrected chi connectivity index (χ1v) is 5.56. The molecule has 2 aromatic rings. The Hall–Kier alpha value is -1.47. The van der Waals surface area contributed by atoms with Crippen LogP contribution in [0.1, 0.15) is 5.69 Å². The number of fused-ring (bicyclic) bond motifs is 1. The first kappa shape index (κ1) is 9.10. The van der Waals surface area contributed by atoms with Crippen molar-refractivity contribution in [2.45, 2.75) is 5.75 Å². The van der Waals surface area contributed by atoms with Crippen molar-refractivity contribution in [2.75, 3.05) is 0 Å². The molecule has 0 amide bonds. The van der Waals surface area contributed by atoms with Gasteiger partial charge in [0.2, 0.25) is 10.0 Å². The summed E-state index contributed by atoms with van der Waals surface area (Å²) in [6, 6.07) is 3.30. The second kappa shape index (κ2) is 3.03. The summed E-state index contributed by atoms with van der Waals surface area (Å²) in [5.74, 6) is -0.268. The first-order valence-electron chi connectivity index (χ1n) is 3.84. The Labute approximate surface area is 80.4 Å². The van der Waals surface area contributed by atoms with Crippen LogP contribution >= 0.6 is 0 Å². The highest BCUT2D eigenvalue weighted by Crippen LogP contribution is 2.04. The van der Waals surface area contributed by atoms with Crippen LogP contribution in [-0.4, -0.2) is 23.0 Å². The van der Waals surface area contributed by atoms with Crippen molar-refractivity contribution < 1.29 is 8.42 Å². The maximum atomic E-state index is 10.8. The molecule has 2 aromatic heterocycles. The quantitative estimate of drug-likeness (QED) is 0.727. The Kier molecular flexibility index (Phi) is 1.97. The minimum atomic E-state index is -3.53. The number of sulfonamides is 1. The van der Waals surface area contributed by atoms with Crippen LogP contribution in [0.4, 0.5) is 0 Å². The normalized spacial score (nSPS) is 12.1. The van der Waals surface area contributed by atoms with E-state index < -0.39 is 10.0 Å². The highest BCUT2D eigenvalue weighted by molar-refractivity contribution is 7.88. The zero-order valence-corrected chi connectivity index (χ0v) is 7.98. The van der Waals surface area contributed by atoms with Gasteiger partial charge in [0.1, 0.15) is 5.75 Å². The van der Waals surface area contributed by atoms with Gasteiger partial charge in [0, 0.05) is 18.5 Å². The topological polar surface area (TPSA) is 90.4 Å². The number of hydrogen-bond acceptors (Lipinski definition) is 4. The number of primary sulfonamides is 1. The summed E-state index contributed by atoms with van der Waals surface area (Å²) >= 11 is 0. The van der Waals surface area contributed by atoms with E-state index in [0.717, 1.165) is 0 Å². The summed E-state index contributed by atoms with van der Waals surface area (Å²) < 4.78 is 23.1. The van der Waals surface area contributed by atoms with Crippen molar-refractivity contribution in [3.63, 3.8) is 0 Å². The van der Waals surface area contributed by atoms with E-state index in [4.69, 9.17) is 5.14 Å². The van der Waals surface area contributed by atoms with Gasteiger partial charge >= 0.3 is 0 Å². The lowest BCUT2D eigenvalue weighted by Crippen LogP contribution is -2.14. The van der Waals surface area contributed by atoms with Crippen LogP contribution in [0, 0.1) is 0 Å². The maximum Gasteiger partial charge on any atom is 0.214 e. The standard InChI is InChI=1S/C7H8N4O2S/c8-14(12,13)5-6-4-7-9-2-1-3-11(7)10-6/h1-4H,5H2,(H2,8,12,13). The third-order valence-corrected chi connectivity index (χ3v) is 2.33. The van der Waals surface area contributed by atoms with E-state index >= 15 is 0 Å². The molecule has 0 aliphatic heterocycles. The van der Waals surface area contributed by atoms with Gasteiger partial charge < -0.3 is 0 Å². The molecule has 0 bridgehead atoms. The molecule has 14 heavy (non-hydrogen) atoms. The summed E-state index contributed by atoms with van der Waals surface area (Å²) in [6.45, 7) is 0. The smallest absolute Gasteiger partial charge is 0.214 e. The molecule has 0 atom stereocenters. The number of nitrogens with zero attached hydrogens (tertiary/aromatic N) is 3. The summed E-state index contributed by atoms with van der Waals surface area (Å²) in [4.78, 5) is 4.00. The number of aromatic nitrogens is 3. The van der Waals surface area contributed by atoms with Crippen molar-refractivity contribution in [3.05, 3.63) is 30.2 Å². The maximum absolute atomic E-state index is 10.8. The second-order valence-electron chi connectivity index (χ2n) is 2.87. The lowest BCUT2D eigenvalue weighted by molar-refractivity contribution is 0.596. The summed E-state index contributed by atoms with van der Waals surface area (Å²) in [5.41, 5.74) is 0.998. The Morgan fingerprint density at radius 2 is 2.29 bits per heavy atom. The molecule has 74 valence electrons. The van der Waals surface area contributed by atoms with Gasteiger partial charge in [0.15, 0.2) is 5.65 Å². The van der Waals surface area contributed by atoms with Crippen molar-refractivity contribution >= 4 is 15.7 Å². The van der Waals surface area contributed by atoms with Crippen LogP contribution in [0.3, 0.4) is 0 Å². The molecule has 2 N–H and O–H groups in total. The molecule has 0 saturated carbocycles. The molecular weight excluding hydrogens is 204 g/mol. The molecule has 0 radical (unpaired) electrons. The molecule has 0 aromatic carbocycles. The largest absolute Gasteiger partial charge is 0.237 e. The van der Waals surface area contributed by atoms with E-state index in [1.54, 1.807) is 24.5 Å². The van der Waals surface area contributed by atoms with Crippen molar-refractivity contribution in [3.8, 4) is 0 Å². The van der Waals surface area contributed by atoms with Crippen LogP contribution in [0.25, 0.3) is 5.65 Å². The number of hydrogen-bond donors (Lipinski definition) is 1. The van der Waals surface area contributed by atoms with Gasteiger partial charge in [-0.2, -0.15) is 5.10 Å². The molecule has 2 rings (SSSR count). The molecule has 2 heterocycles. The van der Waals surface area contributed by atoms with Gasteiger partial charge in [-0.15, -0.1) is 0 Å². The van der Waals surface area contributed by atoms with E-state index in [9.17, 15) is 8.42 Å². The fraction of sp³-hybridized carbons (Fsp3) is 0.143. The molecule has 0 fully saturated rings. The third-order valence-electron chi connectivity index (χ3n) is 1.64. The van der Waals surface area contributed by atoms with Crippen LogP contribution in [0.5, 0.6) is 0 Å². The van der Waals surface area contributed by atoms with Gasteiger partial charge in [0.25, 0.3) is 0 Å². The highest BCUT2D eigenvalue weighted by Gasteiger charge is 2.09. The fourth-order valence-corrected chi connectivity index (χ4v) is 1.71. The van der Waals surface area contributed by atoms with Gasteiger partial charge in [-0.1, -0.05) is 0 Å². The average Bonchev–Trinajstić information content (AvgIpc) is 2.42. The van der Waals surface area contributed by atoms with Gasteiger partial charge in [-0.05, 0) is 6.07 Å². The summed E-state index contributed by atoms with van der Waals surface area (Å²) in [6.07, 6.45) is 3.30. The third kappa shape index (κ3) is 1.88. The molecule has 0 aliphatic rings. The van der Waals surface area contributed by atoms with Crippen molar-refractivity contribution in [1.29, 1.82) is 0 Å². The first-order chi connectivity index (χ1) is 6.54. The molecule has 0 unspecified atom stereocenters. The van der Waals surface area contributed by atoms with E-state index in [2.05, 4.69) is 10.1 Å². The predicted octanol–water partition coefficient (Wildman–Crippen LogP) is -0.482. The fourth-order valence-electron chi connectivity index (χ4n) is 1.16. The molecule has 0 saturated heterocycles. The SMILES string of the molecule is NS(=O)(=O)Cc1cc2ncccn2n1. The molecule has 7 heteroatoms. The van der Waals surface area contributed by atoms with E-state index in [0.29, 0.717) is 11.3 Å². The average molecular weight is 212 g/mol. The van der Waals surface area contributed by atoms with Crippen LogP contribution in [0.15, 0.2) is 24.5 Å². The van der Waals surface area contributed by atoms with Gasteiger partial charge in [-0.25, -0.2) is 23.1 Å². The zero-order chi connectivity index (χ0) is 10.2. The zero-order valence-electron chi connectivity index (χ0n) is 7.16. The molecule has 6 nitrogen and oxygen atoms in total. The van der Waals surface area contributed by atoms with E-state index in [1.165, 1.54) is 4.52 Å². The Bertz CT molecular complexity index is 527. The van der Waals surface area contributed by atoms with Crippen molar-refractivity contribution in [2.24, 2.45) is 5.14 Å². The highest BCUT2D eigenvalue weighted by atomic mass is 32.2. The van der Waals surface area contributed by atoms with Crippen LogP contribution in [0.2, 0.25) is 0 Å². The molecule has 0 spiro atoms. The molecule has 0 aliphatic carbocycles. The van der Waals surface area contributed by atoms with Crippen LogP contribution in [-0.2, 0) is 15.8 Å². The lowest BCUT2D eigenvalue weighted by Gasteiger charge is -1.90. The van der Waals surface area contributed by atoms with E-state index in [-0.39, 0.29) is 5.75 Å². The number of rotatable bonds is 2. The van der Waals surface area contributed by atoms with Crippen molar-refractivity contribution in [1.82, 2.24) is 14.6 Å². The number of nitrogens with two attached hydrogens (primary N) is 1. The minimum Gasteiger partial charge on any atom is -0.237 e. The van der Waals surface area contributed by atoms with E-state index in [1.807, 2.05) is 0 Å². The van der Waals surface area contributed by atoms with Crippen LogP contribution < -0.4 is 5.14 Å².